The Balaban J connectivity index is 2.20. The third kappa shape index (κ3) is 4.88. The minimum Gasteiger partial charge on any atom is -0.488 e. The second-order valence-corrected chi connectivity index (χ2v) is 5.90. The van der Waals surface area contributed by atoms with Crippen molar-refractivity contribution in [3.63, 3.8) is 0 Å². The van der Waals surface area contributed by atoms with Crippen LogP contribution in [0.25, 0.3) is 6.08 Å². The van der Waals surface area contributed by atoms with Crippen LogP contribution in [0.5, 0.6) is 5.75 Å². The van der Waals surface area contributed by atoms with E-state index in [4.69, 9.17) is 27.9 Å². The molecule has 0 radical (unpaired) electrons. The van der Waals surface area contributed by atoms with Crippen molar-refractivity contribution in [2.75, 3.05) is 0 Å². The first-order chi connectivity index (χ1) is 10.1. The molecule has 0 unspecified atom stereocenters. The number of carbonyl (C=O) groups excluding carboxylic acids is 1. The predicted molar refractivity (Wildman–Crippen MR) is 89.8 cm³/mol. The van der Waals surface area contributed by atoms with E-state index in [1.54, 1.807) is 6.08 Å². The predicted octanol–water partition coefficient (Wildman–Crippen LogP) is 5.46. The van der Waals surface area contributed by atoms with Gasteiger partial charge in [-0.1, -0.05) is 45.7 Å². The summed E-state index contributed by atoms with van der Waals surface area (Å²) in [6.07, 6.45) is 2.90. The molecule has 2 aromatic carbocycles. The molecule has 5 heteroatoms. The molecule has 0 spiro atoms. The molecular formula is C16H11BrCl2O2. The Morgan fingerprint density at radius 3 is 2.71 bits per heavy atom. The lowest BCUT2D eigenvalue weighted by Crippen LogP contribution is -1.97. The van der Waals surface area contributed by atoms with Gasteiger partial charge in [0, 0.05) is 20.6 Å². The summed E-state index contributed by atoms with van der Waals surface area (Å²) >= 11 is 14.8. The summed E-state index contributed by atoms with van der Waals surface area (Å²) in [7, 11) is 0. The second-order valence-electron chi connectivity index (χ2n) is 4.20. The topological polar surface area (TPSA) is 26.3 Å². The number of rotatable bonds is 5. The van der Waals surface area contributed by atoms with E-state index in [-0.39, 0.29) is 0 Å². The van der Waals surface area contributed by atoms with E-state index < -0.39 is 5.24 Å². The van der Waals surface area contributed by atoms with Gasteiger partial charge in [-0.15, -0.1) is 0 Å². The van der Waals surface area contributed by atoms with Crippen molar-refractivity contribution < 1.29 is 9.53 Å². The second kappa shape index (κ2) is 7.64. The van der Waals surface area contributed by atoms with Gasteiger partial charge in [0.25, 0.3) is 0 Å². The molecule has 21 heavy (non-hydrogen) atoms. The van der Waals surface area contributed by atoms with Gasteiger partial charge in [0.05, 0.1) is 0 Å². The maximum Gasteiger partial charge on any atom is 0.245 e. The molecule has 0 fully saturated rings. The van der Waals surface area contributed by atoms with E-state index >= 15 is 0 Å². The van der Waals surface area contributed by atoms with Crippen molar-refractivity contribution in [1.29, 1.82) is 0 Å². The summed E-state index contributed by atoms with van der Waals surface area (Å²) in [5, 5.41) is 0.120. The summed E-state index contributed by atoms with van der Waals surface area (Å²) in [4.78, 5) is 10.8. The zero-order chi connectivity index (χ0) is 15.2. The normalized spacial score (nSPS) is 10.8. The van der Waals surface area contributed by atoms with Gasteiger partial charge in [0.15, 0.2) is 0 Å². The molecule has 2 nitrogen and oxygen atoms in total. The molecule has 0 saturated carbocycles. The van der Waals surface area contributed by atoms with Crippen LogP contribution in [-0.2, 0) is 11.4 Å². The van der Waals surface area contributed by atoms with Crippen molar-refractivity contribution in [3.05, 3.63) is 69.2 Å². The Bertz CT molecular complexity index is 684. The first-order valence-corrected chi connectivity index (χ1v) is 7.64. The van der Waals surface area contributed by atoms with Crippen LogP contribution in [0.3, 0.4) is 0 Å². The van der Waals surface area contributed by atoms with Crippen LogP contribution in [0.15, 0.2) is 53.0 Å². The highest BCUT2D eigenvalue weighted by atomic mass is 79.9. The lowest BCUT2D eigenvalue weighted by molar-refractivity contribution is -0.107. The maximum atomic E-state index is 10.8. The van der Waals surface area contributed by atoms with Crippen LogP contribution in [0.4, 0.5) is 0 Å². The Morgan fingerprint density at radius 1 is 1.24 bits per heavy atom. The monoisotopic (exact) mass is 384 g/mol. The van der Waals surface area contributed by atoms with Gasteiger partial charge in [-0.05, 0) is 48.0 Å². The smallest absolute Gasteiger partial charge is 0.245 e. The number of ether oxygens (including phenoxy) is 1. The summed E-state index contributed by atoms with van der Waals surface area (Å²) in [5.74, 6) is 0.646. The van der Waals surface area contributed by atoms with E-state index in [2.05, 4.69) is 15.9 Å². The van der Waals surface area contributed by atoms with Crippen molar-refractivity contribution in [3.8, 4) is 5.75 Å². The molecule has 0 aliphatic carbocycles. The molecule has 0 aliphatic heterocycles. The maximum absolute atomic E-state index is 10.8. The van der Waals surface area contributed by atoms with E-state index in [9.17, 15) is 4.79 Å². The van der Waals surface area contributed by atoms with Gasteiger partial charge < -0.3 is 4.74 Å². The molecule has 2 rings (SSSR count). The molecule has 0 aliphatic rings. The molecule has 0 heterocycles. The first kappa shape index (κ1) is 16.1. The first-order valence-electron chi connectivity index (χ1n) is 6.09. The summed E-state index contributed by atoms with van der Waals surface area (Å²) in [5.41, 5.74) is 1.65. The fraction of sp³-hybridized carbons (Fsp3) is 0.0625. The third-order valence-electron chi connectivity index (χ3n) is 2.71. The van der Waals surface area contributed by atoms with E-state index in [1.165, 1.54) is 6.08 Å². The standard InChI is InChI=1S/C16H11BrCl2O2/c17-13-6-7-15(11(9-13)5-8-16(19)20)21-10-12-3-1-2-4-14(12)18/h1-9H,10H2/b8-5+. The van der Waals surface area contributed by atoms with Gasteiger partial charge in [0.2, 0.25) is 5.24 Å². The summed E-state index contributed by atoms with van der Waals surface area (Å²) < 4.78 is 6.66. The van der Waals surface area contributed by atoms with Gasteiger partial charge in [-0.2, -0.15) is 0 Å². The number of allylic oxidation sites excluding steroid dienone is 1. The molecular weight excluding hydrogens is 375 g/mol. The molecule has 0 aromatic heterocycles. The average Bonchev–Trinajstić information content (AvgIpc) is 2.45. The van der Waals surface area contributed by atoms with Crippen LogP contribution >= 0.6 is 39.1 Å². The van der Waals surface area contributed by atoms with Crippen LogP contribution in [0.2, 0.25) is 5.02 Å². The minimum absolute atomic E-state index is 0.344. The molecule has 2 aromatic rings. The minimum atomic E-state index is -0.535. The molecule has 0 atom stereocenters. The molecule has 108 valence electrons. The highest BCUT2D eigenvalue weighted by Gasteiger charge is 2.05. The van der Waals surface area contributed by atoms with Gasteiger partial charge in [-0.3, -0.25) is 4.79 Å². The number of halogens is 3. The fourth-order valence-corrected chi connectivity index (χ4v) is 2.34. The van der Waals surface area contributed by atoms with Crippen molar-refractivity contribution in [2.24, 2.45) is 0 Å². The van der Waals surface area contributed by atoms with E-state index in [0.29, 0.717) is 17.4 Å². The lowest BCUT2D eigenvalue weighted by Gasteiger charge is -2.10. The lowest BCUT2D eigenvalue weighted by atomic mass is 10.2. The van der Waals surface area contributed by atoms with E-state index in [1.807, 2.05) is 42.5 Å². The molecule has 0 saturated heterocycles. The fourth-order valence-electron chi connectivity index (χ4n) is 1.71. The largest absolute Gasteiger partial charge is 0.488 e. The average molecular weight is 386 g/mol. The SMILES string of the molecule is O=C(Cl)/C=C/c1cc(Br)ccc1OCc1ccccc1Cl. The van der Waals surface area contributed by atoms with Crippen molar-refractivity contribution in [2.45, 2.75) is 6.61 Å². The zero-order valence-electron chi connectivity index (χ0n) is 10.9. The van der Waals surface area contributed by atoms with Crippen molar-refractivity contribution in [1.82, 2.24) is 0 Å². The Hall–Kier alpha value is -1.29. The zero-order valence-corrected chi connectivity index (χ0v) is 14.0. The molecule has 0 amide bonds. The summed E-state index contributed by atoms with van der Waals surface area (Å²) in [6.45, 7) is 0.344. The van der Waals surface area contributed by atoms with Crippen LogP contribution in [0.1, 0.15) is 11.1 Å². The number of carbonyl (C=O) groups is 1. The molecule has 0 N–H and O–H groups in total. The highest BCUT2D eigenvalue weighted by Crippen LogP contribution is 2.26. The van der Waals surface area contributed by atoms with Crippen molar-refractivity contribution >= 4 is 50.5 Å². The van der Waals surface area contributed by atoms with Gasteiger partial charge in [0.1, 0.15) is 12.4 Å². The van der Waals surface area contributed by atoms with Gasteiger partial charge in [-0.25, -0.2) is 0 Å². The Morgan fingerprint density at radius 2 is 2.00 bits per heavy atom. The summed E-state index contributed by atoms with van der Waals surface area (Å²) in [6, 6.07) is 13.0. The third-order valence-corrected chi connectivity index (χ3v) is 3.69. The number of hydrogen-bond donors (Lipinski definition) is 0. The van der Waals surface area contributed by atoms with Gasteiger partial charge >= 0.3 is 0 Å². The number of hydrogen-bond acceptors (Lipinski definition) is 2. The molecule has 0 bridgehead atoms. The van der Waals surface area contributed by atoms with Crippen LogP contribution < -0.4 is 4.74 Å². The number of benzene rings is 2. The Kier molecular flexibility index (Phi) is 5.85. The van der Waals surface area contributed by atoms with E-state index in [0.717, 1.165) is 15.6 Å². The van der Waals surface area contributed by atoms with Crippen LogP contribution in [-0.4, -0.2) is 5.24 Å². The highest BCUT2D eigenvalue weighted by molar-refractivity contribution is 9.10. The Labute approximate surface area is 141 Å². The van der Waals surface area contributed by atoms with Crippen LogP contribution in [0, 0.1) is 0 Å². The quantitative estimate of drug-likeness (QED) is 0.504.